The van der Waals surface area contributed by atoms with E-state index in [9.17, 15) is 14.4 Å². The maximum absolute atomic E-state index is 12.5. The predicted octanol–water partition coefficient (Wildman–Crippen LogP) is 7.38. The zero-order chi connectivity index (χ0) is 26.7. The van der Waals surface area contributed by atoms with Crippen LogP contribution in [0.25, 0.3) is 0 Å². The smallest absolute Gasteiger partial charge is 0.328 e. The number of ether oxygens (including phenoxy) is 1. The molecule has 0 saturated heterocycles. The molecule has 0 aliphatic carbocycles. The van der Waals surface area contributed by atoms with E-state index in [1.807, 2.05) is 0 Å². The van der Waals surface area contributed by atoms with Crippen molar-refractivity contribution in [1.82, 2.24) is 10.6 Å². The molecule has 6 nitrogen and oxygen atoms in total. The third-order valence-corrected chi connectivity index (χ3v) is 6.62. The number of nitrogens with one attached hydrogen (secondary N) is 2. The molecule has 2 amide bonds. The third-order valence-electron chi connectivity index (χ3n) is 6.62. The molecule has 2 N–H and O–H groups in total. The Hall–Kier alpha value is -1.59. The maximum Gasteiger partial charge on any atom is 0.328 e. The summed E-state index contributed by atoms with van der Waals surface area (Å²) in [6, 6.07) is -0.595. The van der Waals surface area contributed by atoms with E-state index >= 15 is 0 Å². The predicted molar refractivity (Wildman–Crippen MR) is 150 cm³/mol. The molecule has 0 aliphatic rings. The molecule has 0 fully saturated rings. The van der Waals surface area contributed by atoms with Crippen molar-refractivity contribution in [2.24, 2.45) is 0 Å². The first-order valence-electron chi connectivity index (χ1n) is 15.3. The van der Waals surface area contributed by atoms with Gasteiger partial charge in [-0.3, -0.25) is 9.59 Å². The van der Waals surface area contributed by atoms with Gasteiger partial charge in [0.25, 0.3) is 0 Å². The molecule has 0 spiro atoms. The molecular formula is C30H58N2O4. The average molecular weight is 511 g/mol. The second kappa shape index (κ2) is 26.5. The van der Waals surface area contributed by atoms with E-state index in [1.54, 1.807) is 0 Å². The largest absolute Gasteiger partial charge is 0.464 e. The molecule has 0 aromatic rings. The standard InChI is InChI=1S/C30H58N2O4/c1-4-7-10-12-13-14-15-17-18-23-28(33)31-25-21-20-22-27(30(35)36-26-9-6-3)32-29(34)24-19-16-11-8-5-2/h27H,4-26H2,1-3H3,(H,31,33)(H,32,34). The van der Waals surface area contributed by atoms with Crippen molar-refractivity contribution in [3.8, 4) is 0 Å². The number of carbonyl (C=O) groups excluding carboxylic acids is 3. The van der Waals surface area contributed by atoms with Crippen LogP contribution in [0, 0.1) is 0 Å². The van der Waals surface area contributed by atoms with Crippen LogP contribution in [-0.2, 0) is 19.1 Å². The second-order valence-electron chi connectivity index (χ2n) is 10.2. The topological polar surface area (TPSA) is 84.5 Å². The van der Waals surface area contributed by atoms with Gasteiger partial charge in [0.2, 0.25) is 11.8 Å². The summed E-state index contributed by atoms with van der Waals surface area (Å²) in [5.41, 5.74) is 0. The summed E-state index contributed by atoms with van der Waals surface area (Å²) in [4.78, 5) is 36.9. The third kappa shape index (κ3) is 22.8. The minimum Gasteiger partial charge on any atom is -0.464 e. The van der Waals surface area contributed by atoms with Gasteiger partial charge in [-0.15, -0.1) is 0 Å². The molecule has 212 valence electrons. The zero-order valence-corrected chi connectivity index (χ0v) is 24.0. The van der Waals surface area contributed by atoms with Crippen LogP contribution in [0.4, 0.5) is 0 Å². The van der Waals surface area contributed by atoms with Crippen molar-refractivity contribution < 1.29 is 19.1 Å². The Morgan fingerprint density at radius 1 is 0.583 bits per heavy atom. The molecule has 0 saturated carbocycles. The van der Waals surface area contributed by atoms with Gasteiger partial charge in [-0.2, -0.15) is 0 Å². The van der Waals surface area contributed by atoms with Gasteiger partial charge in [0, 0.05) is 19.4 Å². The normalized spacial score (nSPS) is 11.8. The van der Waals surface area contributed by atoms with Gasteiger partial charge in [0.05, 0.1) is 6.61 Å². The molecule has 0 bridgehead atoms. The first-order valence-corrected chi connectivity index (χ1v) is 15.3. The van der Waals surface area contributed by atoms with Crippen LogP contribution in [0.5, 0.6) is 0 Å². The van der Waals surface area contributed by atoms with Crippen molar-refractivity contribution >= 4 is 17.8 Å². The Morgan fingerprint density at radius 3 is 1.64 bits per heavy atom. The minimum absolute atomic E-state index is 0.0711. The lowest BCUT2D eigenvalue weighted by atomic mass is 10.1. The van der Waals surface area contributed by atoms with Crippen LogP contribution in [0.1, 0.15) is 156 Å². The fourth-order valence-electron chi connectivity index (χ4n) is 4.21. The Kier molecular flexibility index (Phi) is 25.3. The summed E-state index contributed by atoms with van der Waals surface area (Å²) < 4.78 is 5.37. The van der Waals surface area contributed by atoms with E-state index in [0.29, 0.717) is 32.4 Å². The second-order valence-corrected chi connectivity index (χ2v) is 10.2. The van der Waals surface area contributed by atoms with Crippen LogP contribution < -0.4 is 10.6 Å². The Morgan fingerprint density at radius 2 is 1.08 bits per heavy atom. The number of hydrogen-bond acceptors (Lipinski definition) is 4. The lowest BCUT2D eigenvalue weighted by Crippen LogP contribution is -2.42. The SMILES string of the molecule is CCCCCCCCCCCC(=O)NCCCCC(NC(=O)CCCCCCC)C(=O)OCCCC. The van der Waals surface area contributed by atoms with Crippen molar-refractivity contribution in [1.29, 1.82) is 0 Å². The number of hydrogen-bond donors (Lipinski definition) is 2. The first-order chi connectivity index (χ1) is 17.5. The van der Waals surface area contributed by atoms with E-state index in [2.05, 4.69) is 31.4 Å². The molecule has 1 atom stereocenters. The molecule has 6 heteroatoms. The van der Waals surface area contributed by atoms with Crippen molar-refractivity contribution in [2.45, 2.75) is 162 Å². The molecule has 0 rings (SSSR count). The minimum atomic E-state index is -0.595. The number of amides is 2. The first kappa shape index (κ1) is 34.4. The van der Waals surface area contributed by atoms with Gasteiger partial charge in [-0.1, -0.05) is 104 Å². The number of unbranched alkanes of at least 4 members (excludes halogenated alkanes) is 14. The van der Waals surface area contributed by atoms with Gasteiger partial charge in [-0.05, 0) is 38.5 Å². The molecule has 0 aliphatic heterocycles. The fraction of sp³-hybridized carbons (Fsp3) is 0.900. The molecule has 1 unspecified atom stereocenters. The van der Waals surface area contributed by atoms with E-state index in [1.165, 1.54) is 57.8 Å². The van der Waals surface area contributed by atoms with Crippen LogP contribution in [0.3, 0.4) is 0 Å². The Labute approximate surface area is 222 Å². The fourth-order valence-corrected chi connectivity index (χ4v) is 4.21. The van der Waals surface area contributed by atoms with Gasteiger partial charge in [-0.25, -0.2) is 4.79 Å². The highest BCUT2D eigenvalue weighted by Crippen LogP contribution is 2.11. The molecule has 0 aromatic heterocycles. The van der Waals surface area contributed by atoms with Gasteiger partial charge in [0.15, 0.2) is 0 Å². The van der Waals surface area contributed by atoms with Crippen molar-refractivity contribution in [3.05, 3.63) is 0 Å². The lowest BCUT2D eigenvalue weighted by Gasteiger charge is -2.18. The van der Waals surface area contributed by atoms with Gasteiger partial charge < -0.3 is 15.4 Å². The van der Waals surface area contributed by atoms with Crippen LogP contribution in [0.15, 0.2) is 0 Å². The van der Waals surface area contributed by atoms with E-state index in [-0.39, 0.29) is 17.8 Å². The summed E-state index contributed by atoms with van der Waals surface area (Å²) >= 11 is 0. The highest BCUT2D eigenvalue weighted by Gasteiger charge is 2.21. The van der Waals surface area contributed by atoms with E-state index in [4.69, 9.17) is 4.74 Å². The van der Waals surface area contributed by atoms with Gasteiger partial charge in [0.1, 0.15) is 6.04 Å². The van der Waals surface area contributed by atoms with Crippen LogP contribution >= 0.6 is 0 Å². The molecule has 0 radical (unpaired) electrons. The maximum atomic E-state index is 12.5. The van der Waals surface area contributed by atoms with E-state index in [0.717, 1.165) is 57.8 Å². The molecule has 36 heavy (non-hydrogen) atoms. The molecule has 0 aromatic carbocycles. The van der Waals surface area contributed by atoms with Crippen LogP contribution in [-0.4, -0.2) is 37.0 Å². The summed E-state index contributed by atoms with van der Waals surface area (Å²) in [7, 11) is 0. The molecular weight excluding hydrogens is 452 g/mol. The summed E-state index contributed by atoms with van der Waals surface area (Å²) in [5, 5.41) is 5.89. The average Bonchev–Trinajstić information content (AvgIpc) is 2.86. The highest BCUT2D eigenvalue weighted by atomic mass is 16.5. The highest BCUT2D eigenvalue weighted by molar-refractivity contribution is 5.84. The zero-order valence-electron chi connectivity index (χ0n) is 24.0. The quantitative estimate of drug-likeness (QED) is 0.0939. The number of esters is 1. The van der Waals surface area contributed by atoms with Gasteiger partial charge >= 0.3 is 5.97 Å². The number of rotatable bonds is 26. The Bertz CT molecular complexity index is 539. The van der Waals surface area contributed by atoms with Crippen molar-refractivity contribution in [3.63, 3.8) is 0 Å². The Balaban J connectivity index is 4.05. The van der Waals surface area contributed by atoms with Crippen molar-refractivity contribution in [2.75, 3.05) is 13.2 Å². The molecule has 0 heterocycles. The summed E-state index contributed by atoms with van der Waals surface area (Å²) in [6.07, 6.45) is 21.6. The lowest BCUT2D eigenvalue weighted by molar-refractivity contribution is -0.148. The number of carbonyl (C=O) groups is 3. The monoisotopic (exact) mass is 510 g/mol. The summed E-state index contributed by atoms with van der Waals surface area (Å²) in [5.74, 6) is -0.291. The van der Waals surface area contributed by atoms with E-state index < -0.39 is 6.04 Å². The van der Waals surface area contributed by atoms with Crippen LogP contribution in [0.2, 0.25) is 0 Å². The summed E-state index contributed by atoms with van der Waals surface area (Å²) in [6.45, 7) is 7.47.